The molecule has 0 unspecified atom stereocenters. The molecule has 0 radical (unpaired) electrons. The molecule has 168 valence electrons. The minimum atomic E-state index is -0.870. The summed E-state index contributed by atoms with van der Waals surface area (Å²) >= 11 is 1.08. The van der Waals surface area contributed by atoms with Gasteiger partial charge in [0.1, 0.15) is 21.3 Å². The van der Waals surface area contributed by atoms with Gasteiger partial charge in [-0.15, -0.1) is 11.3 Å². The van der Waals surface area contributed by atoms with E-state index in [9.17, 15) is 28.5 Å². The van der Waals surface area contributed by atoms with E-state index in [1.807, 2.05) is 0 Å². The van der Waals surface area contributed by atoms with Crippen LogP contribution < -0.4 is 5.32 Å². The second-order valence-electron chi connectivity index (χ2n) is 6.85. The number of hydrogen-bond donors (Lipinski definition) is 1. The summed E-state index contributed by atoms with van der Waals surface area (Å²) in [7, 11) is 0. The number of nitro benzene ring substituents is 1. The Labute approximate surface area is 188 Å². The van der Waals surface area contributed by atoms with E-state index in [4.69, 9.17) is 4.74 Å². The molecule has 0 saturated heterocycles. The summed E-state index contributed by atoms with van der Waals surface area (Å²) in [5.74, 6) is -2.91. The summed E-state index contributed by atoms with van der Waals surface area (Å²) in [5, 5.41) is 18.0. The van der Waals surface area contributed by atoms with Gasteiger partial charge in [0, 0.05) is 17.5 Å². The predicted molar refractivity (Wildman–Crippen MR) is 116 cm³/mol. The summed E-state index contributed by atoms with van der Waals surface area (Å²) in [5.41, 5.74) is 0.444. The number of aryl methyl sites for hydroxylation is 1. The molecular weight excluding hydrogens is 458 g/mol. The molecule has 0 spiro atoms. The standard InChI is InChI=1S/C21H14F2N4O5S/c1-11-15-9-18(33-20(15)26(25-11)13-4-2-12(22)3-5-13)21(29)32-10-19(28)24-17-8-14(27(30)31)6-7-16(17)23/h2-9H,10H2,1H3,(H,24,28). The molecule has 0 saturated carbocycles. The number of aromatic nitrogens is 2. The van der Waals surface area contributed by atoms with E-state index in [0.717, 1.165) is 29.5 Å². The average molecular weight is 472 g/mol. The monoisotopic (exact) mass is 472 g/mol. The van der Waals surface area contributed by atoms with E-state index < -0.39 is 46.4 Å². The number of non-ortho nitro benzene ring substituents is 1. The number of anilines is 1. The first kappa shape index (κ1) is 22.0. The molecule has 2 aromatic heterocycles. The Hall–Kier alpha value is -4.19. The Bertz CT molecular complexity index is 1400. The van der Waals surface area contributed by atoms with E-state index in [1.165, 1.54) is 12.1 Å². The maximum Gasteiger partial charge on any atom is 0.348 e. The van der Waals surface area contributed by atoms with Crippen molar-refractivity contribution < 1.29 is 28.0 Å². The Kier molecular flexibility index (Phi) is 5.84. The number of hydrogen-bond acceptors (Lipinski definition) is 7. The molecule has 12 heteroatoms. The third kappa shape index (κ3) is 4.55. The fraction of sp³-hybridized carbons (Fsp3) is 0.0952. The summed E-state index contributed by atoms with van der Waals surface area (Å²) in [4.78, 5) is 35.4. The fourth-order valence-electron chi connectivity index (χ4n) is 3.02. The number of nitrogens with one attached hydrogen (secondary N) is 1. The van der Waals surface area contributed by atoms with Crippen molar-refractivity contribution in [2.45, 2.75) is 6.92 Å². The van der Waals surface area contributed by atoms with Gasteiger partial charge in [-0.05, 0) is 43.3 Å². The van der Waals surface area contributed by atoms with Crippen LogP contribution in [0.25, 0.3) is 15.9 Å². The van der Waals surface area contributed by atoms with Crippen LogP contribution in [0.1, 0.15) is 15.4 Å². The number of halogens is 2. The summed E-state index contributed by atoms with van der Waals surface area (Å²) in [6, 6.07) is 9.94. The van der Waals surface area contributed by atoms with Gasteiger partial charge in [-0.2, -0.15) is 5.10 Å². The van der Waals surface area contributed by atoms with Gasteiger partial charge in [0.05, 0.1) is 22.0 Å². The highest BCUT2D eigenvalue weighted by Crippen LogP contribution is 2.31. The zero-order valence-corrected chi connectivity index (χ0v) is 17.7. The first-order valence-electron chi connectivity index (χ1n) is 9.39. The highest BCUT2D eigenvalue weighted by Gasteiger charge is 2.20. The molecule has 0 fully saturated rings. The number of carbonyl (C=O) groups excluding carboxylic acids is 2. The molecule has 2 heterocycles. The number of fused-ring (bicyclic) bond motifs is 1. The van der Waals surface area contributed by atoms with Crippen molar-refractivity contribution in [3.8, 4) is 5.69 Å². The van der Waals surface area contributed by atoms with Gasteiger partial charge < -0.3 is 10.1 Å². The van der Waals surface area contributed by atoms with Gasteiger partial charge >= 0.3 is 5.97 Å². The molecule has 0 aliphatic heterocycles. The first-order chi connectivity index (χ1) is 15.7. The smallest absolute Gasteiger partial charge is 0.348 e. The van der Waals surface area contributed by atoms with Crippen LogP contribution in [-0.4, -0.2) is 33.2 Å². The second-order valence-corrected chi connectivity index (χ2v) is 7.88. The lowest BCUT2D eigenvalue weighted by atomic mass is 10.2. The van der Waals surface area contributed by atoms with Crippen LogP contribution in [0.15, 0.2) is 48.5 Å². The Morgan fingerprint density at radius 2 is 1.91 bits per heavy atom. The molecule has 1 amide bonds. The summed E-state index contributed by atoms with van der Waals surface area (Å²) in [6.07, 6.45) is 0. The van der Waals surface area contributed by atoms with E-state index in [2.05, 4.69) is 10.4 Å². The molecule has 33 heavy (non-hydrogen) atoms. The molecule has 2 aromatic carbocycles. The van der Waals surface area contributed by atoms with Crippen LogP contribution in [0.4, 0.5) is 20.2 Å². The van der Waals surface area contributed by atoms with E-state index in [1.54, 1.807) is 29.8 Å². The van der Waals surface area contributed by atoms with Gasteiger partial charge in [0.25, 0.3) is 11.6 Å². The van der Waals surface area contributed by atoms with Crippen molar-refractivity contribution in [2.75, 3.05) is 11.9 Å². The van der Waals surface area contributed by atoms with Crippen LogP contribution in [0.3, 0.4) is 0 Å². The molecule has 1 N–H and O–H groups in total. The van der Waals surface area contributed by atoms with E-state index in [0.29, 0.717) is 21.6 Å². The largest absolute Gasteiger partial charge is 0.451 e. The summed E-state index contributed by atoms with van der Waals surface area (Å²) in [6.45, 7) is 1.03. The Morgan fingerprint density at radius 1 is 1.18 bits per heavy atom. The van der Waals surface area contributed by atoms with Crippen LogP contribution in [0.2, 0.25) is 0 Å². The van der Waals surface area contributed by atoms with Crippen molar-refractivity contribution in [1.82, 2.24) is 9.78 Å². The first-order valence-corrected chi connectivity index (χ1v) is 10.2. The van der Waals surface area contributed by atoms with Crippen molar-refractivity contribution in [3.63, 3.8) is 0 Å². The van der Waals surface area contributed by atoms with Crippen LogP contribution in [-0.2, 0) is 9.53 Å². The maximum atomic E-state index is 13.8. The minimum absolute atomic E-state index is 0.204. The van der Waals surface area contributed by atoms with Gasteiger partial charge in [-0.3, -0.25) is 14.9 Å². The molecule has 4 rings (SSSR count). The lowest BCUT2D eigenvalue weighted by Crippen LogP contribution is -2.21. The van der Waals surface area contributed by atoms with Crippen molar-refractivity contribution in [2.24, 2.45) is 0 Å². The molecular formula is C21H14F2N4O5S. The average Bonchev–Trinajstić information content (AvgIpc) is 3.35. The number of nitrogens with zero attached hydrogens (tertiary/aromatic N) is 3. The SMILES string of the molecule is Cc1nn(-c2ccc(F)cc2)c2sc(C(=O)OCC(=O)Nc3cc([N+](=O)[O-])ccc3F)cc12. The van der Waals surface area contributed by atoms with Crippen LogP contribution >= 0.6 is 11.3 Å². The van der Waals surface area contributed by atoms with Crippen molar-refractivity contribution in [1.29, 1.82) is 0 Å². The molecule has 0 atom stereocenters. The van der Waals surface area contributed by atoms with Crippen LogP contribution in [0, 0.1) is 28.7 Å². The van der Waals surface area contributed by atoms with Crippen molar-refractivity contribution in [3.05, 3.63) is 80.9 Å². The summed E-state index contributed by atoms with van der Waals surface area (Å²) < 4.78 is 33.6. The number of thiophene rings is 1. The zero-order chi connectivity index (χ0) is 23.7. The molecule has 0 bridgehead atoms. The highest BCUT2D eigenvalue weighted by atomic mass is 32.1. The number of benzene rings is 2. The molecule has 0 aliphatic carbocycles. The number of amides is 1. The fourth-order valence-corrected chi connectivity index (χ4v) is 4.09. The third-order valence-electron chi connectivity index (χ3n) is 4.59. The quantitative estimate of drug-likeness (QED) is 0.253. The topological polar surface area (TPSA) is 116 Å². The molecule has 0 aliphatic rings. The number of nitro groups is 1. The minimum Gasteiger partial charge on any atom is -0.451 e. The number of carbonyl (C=O) groups is 2. The molecule has 4 aromatic rings. The number of ether oxygens (including phenoxy) is 1. The van der Waals surface area contributed by atoms with Crippen LogP contribution in [0.5, 0.6) is 0 Å². The lowest BCUT2D eigenvalue weighted by Gasteiger charge is -2.07. The van der Waals surface area contributed by atoms with Gasteiger partial charge in [-0.1, -0.05) is 0 Å². The van der Waals surface area contributed by atoms with Crippen molar-refractivity contribution >= 4 is 44.8 Å². The Balaban J connectivity index is 1.47. The lowest BCUT2D eigenvalue weighted by molar-refractivity contribution is -0.384. The molecule has 9 nitrogen and oxygen atoms in total. The second kappa shape index (κ2) is 8.74. The normalized spacial score (nSPS) is 10.9. The van der Waals surface area contributed by atoms with E-state index >= 15 is 0 Å². The predicted octanol–water partition coefficient (Wildman–Crippen LogP) is 4.38. The maximum absolute atomic E-state index is 13.8. The Morgan fingerprint density at radius 3 is 2.61 bits per heavy atom. The van der Waals surface area contributed by atoms with Gasteiger partial charge in [0.15, 0.2) is 6.61 Å². The third-order valence-corrected chi connectivity index (χ3v) is 5.68. The number of esters is 1. The highest BCUT2D eigenvalue weighted by molar-refractivity contribution is 7.20. The van der Waals surface area contributed by atoms with Gasteiger partial charge in [-0.25, -0.2) is 18.3 Å². The van der Waals surface area contributed by atoms with E-state index in [-0.39, 0.29) is 4.88 Å². The number of rotatable bonds is 6. The van der Waals surface area contributed by atoms with Gasteiger partial charge in [0.2, 0.25) is 0 Å². The zero-order valence-electron chi connectivity index (χ0n) is 16.9.